The number of nitrogens with zero attached hydrogens (tertiary/aromatic N) is 4. The van der Waals surface area contributed by atoms with Crippen molar-refractivity contribution >= 4 is 35.3 Å². The summed E-state index contributed by atoms with van der Waals surface area (Å²) in [5, 5.41) is 4.18. The summed E-state index contributed by atoms with van der Waals surface area (Å²) in [6, 6.07) is 9.42. The van der Waals surface area contributed by atoms with Crippen molar-refractivity contribution in [3.63, 3.8) is 0 Å². The van der Waals surface area contributed by atoms with Crippen molar-refractivity contribution < 1.29 is 13.2 Å². The molecule has 0 saturated carbocycles. The molecule has 0 amide bonds. The summed E-state index contributed by atoms with van der Waals surface area (Å²) in [7, 11) is 2.16. The lowest BCUT2D eigenvalue weighted by Crippen LogP contribution is -2.59. The molecule has 3 aromatic rings. The predicted octanol–water partition coefficient (Wildman–Crippen LogP) is 6.51. The SMILES string of the molecule is CN1C(C)(C)CC(Sc2ccc(-c3c(Cl)cc(-n4nc(N)nc4N)cc3C(F)(F)F)cc2)CC1(C)C. The lowest BCUT2D eigenvalue weighted by molar-refractivity contribution is -0.137. The Hall–Kier alpha value is -2.43. The Bertz CT molecular complexity index is 1250. The Balaban J connectivity index is 1.66. The number of nitrogens with two attached hydrogens (primary N) is 2. The first kappa shape index (κ1) is 26.6. The average Bonchev–Trinajstić information content (AvgIpc) is 3.09. The van der Waals surface area contributed by atoms with Crippen LogP contribution in [-0.4, -0.2) is 43.0 Å². The van der Waals surface area contributed by atoms with Gasteiger partial charge in [-0.3, -0.25) is 4.90 Å². The van der Waals surface area contributed by atoms with Crippen LogP contribution >= 0.6 is 23.4 Å². The normalized spacial score (nSPS) is 18.5. The van der Waals surface area contributed by atoms with Crippen LogP contribution in [0.4, 0.5) is 25.1 Å². The number of aromatic nitrogens is 3. The molecule has 11 heteroatoms. The molecule has 1 aliphatic rings. The van der Waals surface area contributed by atoms with E-state index in [0.29, 0.717) is 10.8 Å². The molecule has 0 spiro atoms. The maximum atomic E-state index is 14.1. The van der Waals surface area contributed by atoms with Gasteiger partial charge in [0.15, 0.2) is 0 Å². The second-order valence-corrected chi connectivity index (χ2v) is 12.2. The molecule has 194 valence electrons. The molecule has 2 aromatic carbocycles. The van der Waals surface area contributed by atoms with Crippen LogP contribution in [0.15, 0.2) is 41.3 Å². The monoisotopic (exact) mass is 538 g/mol. The van der Waals surface area contributed by atoms with Crippen molar-refractivity contribution in [2.24, 2.45) is 0 Å². The number of hydrogen-bond donors (Lipinski definition) is 2. The fourth-order valence-electron chi connectivity index (χ4n) is 5.02. The molecule has 1 fully saturated rings. The quantitative estimate of drug-likeness (QED) is 0.393. The van der Waals surface area contributed by atoms with Gasteiger partial charge in [-0.05, 0) is 77.4 Å². The summed E-state index contributed by atoms with van der Waals surface area (Å²) in [6.45, 7) is 8.98. The minimum atomic E-state index is -4.66. The number of piperidine rings is 1. The van der Waals surface area contributed by atoms with E-state index in [-0.39, 0.29) is 39.2 Å². The topological polar surface area (TPSA) is 86.0 Å². The molecule has 0 radical (unpaired) electrons. The zero-order valence-electron chi connectivity index (χ0n) is 20.8. The van der Waals surface area contributed by atoms with Gasteiger partial charge < -0.3 is 11.5 Å². The molecule has 0 atom stereocenters. The number of nitrogen functional groups attached to an aromatic ring is 2. The van der Waals surface area contributed by atoms with Crippen LogP contribution in [0.3, 0.4) is 0 Å². The molecule has 1 aliphatic heterocycles. The maximum absolute atomic E-state index is 14.1. The van der Waals surface area contributed by atoms with E-state index < -0.39 is 11.7 Å². The molecule has 36 heavy (non-hydrogen) atoms. The van der Waals surface area contributed by atoms with Crippen molar-refractivity contribution in [1.29, 1.82) is 0 Å². The lowest BCUT2D eigenvalue weighted by Gasteiger charge is -2.53. The highest BCUT2D eigenvalue weighted by molar-refractivity contribution is 8.00. The molecule has 6 nitrogen and oxygen atoms in total. The Kier molecular flexibility index (Phi) is 6.77. The number of rotatable bonds is 4. The highest BCUT2D eigenvalue weighted by Gasteiger charge is 2.43. The van der Waals surface area contributed by atoms with Gasteiger partial charge in [0.2, 0.25) is 11.9 Å². The van der Waals surface area contributed by atoms with Crippen LogP contribution in [0.5, 0.6) is 0 Å². The van der Waals surface area contributed by atoms with E-state index in [2.05, 4.69) is 49.7 Å². The van der Waals surface area contributed by atoms with Crippen molar-refractivity contribution in [2.45, 2.75) is 67.9 Å². The van der Waals surface area contributed by atoms with Crippen LogP contribution in [0.1, 0.15) is 46.1 Å². The van der Waals surface area contributed by atoms with Crippen molar-refractivity contribution in [1.82, 2.24) is 19.7 Å². The van der Waals surface area contributed by atoms with Crippen LogP contribution in [0.2, 0.25) is 5.02 Å². The van der Waals surface area contributed by atoms with E-state index in [1.165, 1.54) is 6.07 Å². The Morgan fingerprint density at radius 1 is 1.03 bits per heavy atom. The number of thioether (sulfide) groups is 1. The molecule has 4 rings (SSSR count). The maximum Gasteiger partial charge on any atom is 0.417 e. The Labute approximate surface area is 218 Å². The van der Waals surface area contributed by atoms with Gasteiger partial charge in [0, 0.05) is 26.8 Å². The molecule has 1 saturated heterocycles. The van der Waals surface area contributed by atoms with Gasteiger partial charge in [0.05, 0.1) is 16.3 Å². The van der Waals surface area contributed by atoms with Gasteiger partial charge in [-0.1, -0.05) is 23.7 Å². The smallest absolute Gasteiger partial charge is 0.368 e. The van der Waals surface area contributed by atoms with E-state index in [1.54, 1.807) is 23.9 Å². The molecule has 0 bridgehead atoms. The van der Waals surface area contributed by atoms with Gasteiger partial charge in [0.1, 0.15) is 0 Å². The number of anilines is 2. The highest BCUT2D eigenvalue weighted by atomic mass is 35.5. The van der Waals surface area contributed by atoms with Crippen molar-refractivity contribution in [3.8, 4) is 16.8 Å². The third kappa shape index (κ3) is 5.17. The van der Waals surface area contributed by atoms with Gasteiger partial charge in [-0.15, -0.1) is 16.9 Å². The van der Waals surface area contributed by atoms with Crippen LogP contribution < -0.4 is 11.5 Å². The fourth-order valence-corrected chi connectivity index (χ4v) is 7.00. The van der Waals surface area contributed by atoms with E-state index >= 15 is 0 Å². The Morgan fingerprint density at radius 2 is 1.61 bits per heavy atom. The van der Waals surface area contributed by atoms with E-state index in [0.717, 1.165) is 28.5 Å². The summed E-state index contributed by atoms with van der Waals surface area (Å²) in [5.41, 5.74) is 10.8. The van der Waals surface area contributed by atoms with Crippen LogP contribution in [0, 0.1) is 0 Å². The molecule has 1 aromatic heterocycles. The first-order valence-electron chi connectivity index (χ1n) is 11.5. The summed E-state index contributed by atoms with van der Waals surface area (Å²) in [4.78, 5) is 7.18. The van der Waals surface area contributed by atoms with Crippen LogP contribution in [-0.2, 0) is 6.18 Å². The third-order valence-corrected chi connectivity index (χ3v) is 8.50. The van der Waals surface area contributed by atoms with Gasteiger partial charge >= 0.3 is 6.18 Å². The second-order valence-electron chi connectivity index (χ2n) is 10.4. The van der Waals surface area contributed by atoms with E-state index in [4.69, 9.17) is 23.1 Å². The Morgan fingerprint density at radius 3 is 2.11 bits per heavy atom. The predicted molar refractivity (Wildman–Crippen MR) is 140 cm³/mol. The first-order valence-corrected chi connectivity index (χ1v) is 12.7. The zero-order chi connectivity index (χ0) is 26.6. The number of halogens is 4. The largest absolute Gasteiger partial charge is 0.417 e. The average molecular weight is 539 g/mol. The van der Waals surface area contributed by atoms with E-state index in [1.807, 2.05) is 12.1 Å². The van der Waals surface area contributed by atoms with E-state index in [9.17, 15) is 13.2 Å². The molecule has 0 unspecified atom stereocenters. The number of alkyl halides is 3. The first-order chi connectivity index (χ1) is 16.6. The lowest BCUT2D eigenvalue weighted by atomic mass is 9.80. The van der Waals surface area contributed by atoms with Crippen LogP contribution in [0.25, 0.3) is 16.8 Å². The number of likely N-dealkylation sites (tertiary alicyclic amines) is 1. The molecule has 2 heterocycles. The number of benzene rings is 2. The van der Waals surface area contributed by atoms with Crippen molar-refractivity contribution in [3.05, 3.63) is 47.0 Å². The van der Waals surface area contributed by atoms with Gasteiger partial charge in [0.25, 0.3) is 0 Å². The summed E-state index contributed by atoms with van der Waals surface area (Å²) >= 11 is 8.18. The molecular weight excluding hydrogens is 509 g/mol. The second kappa shape index (κ2) is 9.15. The minimum absolute atomic E-state index is 0.0254. The van der Waals surface area contributed by atoms with Gasteiger partial charge in [-0.25, -0.2) is 0 Å². The standard InChI is InChI=1S/C25H30ClF3N6S/c1-23(2)12-17(13-24(3,4)34(23)5)36-16-8-6-14(7-9-16)20-18(25(27,28)29)10-15(11-19(20)26)35-22(31)32-21(30)33-35/h6-11,17H,12-13H2,1-5H3,(H4,30,31,32,33). The summed E-state index contributed by atoms with van der Waals surface area (Å²) < 4.78 is 43.4. The highest BCUT2D eigenvalue weighted by Crippen LogP contribution is 2.45. The fraction of sp³-hybridized carbons (Fsp3) is 0.440. The van der Waals surface area contributed by atoms with Crippen molar-refractivity contribution in [2.75, 3.05) is 18.5 Å². The summed E-state index contributed by atoms with van der Waals surface area (Å²) in [5.74, 6) is -0.281. The third-order valence-electron chi connectivity index (χ3n) is 6.99. The minimum Gasteiger partial charge on any atom is -0.368 e. The molecule has 0 aliphatic carbocycles. The molecular formula is C25H30ClF3N6S. The zero-order valence-corrected chi connectivity index (χ0v) is 22.4. The molecule has 4 N–H and O–H groups in total. The van der Waals surface area contributed by atoms with Gasteiger partial charge in [-0.2, -0.15) is 22.8 Å². The summed E-state index contributed by atoms with van der Waals surface area (Å²) in [6.07, 6.45) is -2.63. The number of hydrogen-bond acceptors (Lipinski definition) is 6.